The lowest BCUT2D eigenvalue weighted by atomic mass is 10.0. The molecule has 1 atom stereocenters. The van der Waals surface area contributed by atoms with E-state index in [1.165, 1.54) is 0 Å². The van der Waals surface area contributed by atoms with Crippen LogP contribution in [0.5, 0.6) is 5.88 Å². The molecular formula is C22H34FN3O5. The second-order valence-corrected chi connectivity index (χ2v) is 8.56. The van der Waals surface area contributed by atoms with Gasteiger partial charge in [0.05, 0.1) is 45.2 Å². The molecule has 2 aliphatic rings. The van der Waals surface area contributed by atoms with Crippen molar-refractivity contribution < 1.29 is 28.1 Å². The van der Waals surface area contributed by atoms with E-state index in [1.807, 2.05) is 6.07 Å². The number of pyridine rings is 1. The summed E-state index contributed by atoms with van der Waals surface area (Å²) in [6, 6.07) is 3.37. The highest BCUT2D eigenvalue weighted by atomic mass is 19.1. The van der Waals surface area contributed by atoms with Gasteiger partial charge in [0.2, 0.25) is 5.88 Å². The Hall–Kier alpha value is -1.97. The number of amides is 1. The van der Waals surface area contributed by atoms with Crippen LogP contribution < -0.4 is 15.0 Å². The molecule has 0 radical (unpaired) electrons. The summed E-state index contributed by atoms with van der Waals surface area (Å²) >= 11 is 0. The molecule has 2 saturated heterocycles. The van der Waals surface area contributed by atoms with Crippen molar-refractivity contribution in [2.24, 2.45) is 11.8 Å². The average molecular weight is 440 g/mol. The third-order valence-electron chi connectivity index (χ3n) is 5.39. The van der Waals surface area contributed by atoms with Crippen molar-refractivity contribution in [2.75, 3.05) is 64.8 Å². The third kappa shape index (κ3) is 6.75. The highest BCUT2D eigenvalue weighted by molar-refractivity contribution is 5.93. The van der Waals surface area contributed by atoms with Gasteiger partial charge in [-0.3, -0.25) is 4.79 Å². The second kappa shape index (κ2) is 11.6. The Morgan fingerprint density at radius 2 is 2.13 bits per heavy atom. The van der Waals surface area contributed by atoms with E-state index in [1.54, 1.807) is 13.2 Å². The van der Waals surface area contributed by atoms with Crippen LogP contribution in [0, 0.1) is 11.8 Å². The number of hydrogen-bond donors (Lipinski definition) is 1. The van der Waals surface area contributed by atoms with Gasteiger partial charge in [-0.15, -0.1) is 0 Å². The van der Waals surface area contributed by atoms with Crippen molar-refractivity contribution >= 4 is 11.6 Å². The van der Waals surface area contributed by atoms with Crippen LogP contribution in [0.2, 0.25) is 0 Å². The monoisotopic (exact) mass is 439 g/mol. The standard InChI is InChI=1S/C22H34FN3O5/c1-15(2)8-17(14-29-7-6-23)24-21(27)19-4-5-20(26-9-18(10-26)28-3)22(25-19)31-13-16-11-30-12-16/h4-5,15-18H,6-14H2,1-3H3,(H,24,27). The molecule has 174 valence electrons. The lowest BCUT2D eigenvalue weighted by Gasteiger charge is -2.40. The van der Waals surface area contributed by atoms with Crippen molar-refractivity contribution in [3.63, 3.8) is 0 Å². The van der Waals surface area contributed by atoms with Crippen LogP contribution in [0.15, 0.2) is 12.1 Å². The first-order valence-electron chi connectivity index (χ1n) is 10.9. The van der Waals surface area contributed by atoms with E-state index in [-0.39, 0.29) is 37.0 Å². The van der Waals surface area contributed by atoms with E-state index >= 15 is 0 Å². The summed E-state index contributed by atoms with van der Waals surface area (Å²) in [5, 5.41) is 2.97. The molecule has 0 bridgehead atoms. The number of halogens is 1. The summed E-state index contributed by atoms with van der Waals surface area (Å²) in [6.45, 7) is 7.26. The van der Waals surface area contributed by atoms with E-state index < -0.39 is 6.67 Å². The number of aromatic nitrogens is 1. The first kappa shape index (κ1) is 23.7. The zero-order valence-electron chi connectivity index (χ0n) is 18.6. The molecule has 3 heterocycles. The van der Waals surface area contributed by atoms with Gasteiger partial charge in [-0.05, 0) is 24.5 Å². The Labute approximate surface area is 183 Å². The van der Waals surface area contributed by atoms with E-state index in [4.69, 9.17) is 18.9 Å². The van der Waals surface area contributed by atoms with Crippen LogP contribution in [0.3, 0.4) is 0 Å². The number of rotatable bonds is 13. The van der Waals surface area contributed by atoms with Gasteiger partial charge in [0, 0.05) is 26.1 Å². The summed E-state index contributed by atoms with van der Waals surface area (Å²) < 4.78 is 34.2. The molecule has 0 aromatic carbocycles. The summed E-state index contributed by atoms with van der Waals surface area (Å²) in [7, 11) is 1.70. The van der Waals surface area contributed by atoms with Crippen molar-refractivity contribution in [2.45, 2.75) is 32.4 Å². The lowest BCUT2D eigenvalue weighted by molar-refractivity contribution is -0.0514. The Kier molecular flexibility index (Phi) is 8.86. The Balaban J connectivity index is 1.68. The van der Waals surface area contributed by atoms with E-state index in [0.29, 0.717) is 37.5 Å². The van der Waals surface area contributed by atoms with Gasteiger partial charge in [-0.25, -0.2) is 9.37 Å². The predicted octanol–water partition coefficient (Wildman–Crippen LogP) is 2.07. The molecule has 0 aliphatic carbocycles. The maximum atomic E-state index is 12.9. The number of ether oxygens (including phenoxy) is 4. The zero-order valence-corrected chi connectivity index (χ0v) is 18.6. The first-order valence-corrected chi connectivity index (χ1v) is 10.9. The molecule has 1 aromatic heterocycles. The molecule has 1 N–H and O–H groups in total. The molecule has 31 heavy (non-hydrogen) atoms. The molecule has 1 amide bonds. The van der Waals surface area contributed by atoms with Crippen molar-refractivity contribution in [1.29, 1.82) is 0 Å². The van der Waals surface area contributed by atoms with Gasteiger partial charge < -0.3 is 29.2 Å². The van der Waals surface area contributed by atoms with Gasteiger partial charge in [0.1, 0.15) is 18.1 Å². The van der Waals surface area contributed by atoms with Crippen molar-refractivity contribution in [3.05, 3.63) is 17.8 Å². The Morgan fingerprint density at radius 1 is 1.35 bits per heavy atom. The number of methoxy groups -OCH3 is 1. The highest BCUT2D eigenvalue weighted by Gasteiger charge is 2.30. The zero-order chi connectivity index (χ0) is 22.2. The Bertz CT molecular complexity index is 710. The fourth-order valence-corrected chi connectivity index (χ4v) is 3.55. The van der Waals surface area contributed by atoms with Gasteiger partial charge in [-0.1, -0.05) is 13.8 Å². The number of hydrogen-bond acceptors (Lipinski definition) is 7. The maximum absolute atomic E-state index is 12.9. The van der Waals surface area contributed by atoms with Crippen molar-refractivity contribution in [3.8, 4) is 5.88 Å². The summed E-state index contributed by atoms with van der Waals surface area (Å²) in [6.07, 6.45) is 0.921. The fourth-order valence-electron chi connectivity index (χ4n) is 3.55. The summed E-state index contributed by atoms with van der Waals surface area (Å²) in [5.74, 6) is 0.858. The molecule has 8 nitrogen and oxygen atoms in total. The van der Waals surface area contributed by atoms with Crippen LogP contribution in [-0.2, 0) is 14.2 Å². The van der Waals surface area contributed by atoms with Gasteiger partial charge in [-0.2, -0.15) is 0 Å². The molecule has 2 aliphatic heterocycles. The molecule has 0 saturated carbocycles. The van der Waals surface area contributed by atoms with Gasteiger partial charge >= 0.3 is 0 Å². The molecule has 0 spiro atoms. The average Bonchev–Trinajstić information content (AvgIpc) is 2.66. The minimum Gasteiger partial charge on any atom is -0.476 e. The van der Waals surface area contributed by atoms with E-state index in [9.17, 15) is 9.18 Å². The molecule has 9 heteroatoms. The predicted molar refractivity (Wildman–Crippen MR) is 115 cm³/mol. The number of carbonyl (C=O) groups is 1. The number of carbonyl (C=O) groups excluding carboxylic acids is 1. The van der Waals surface area contributed by atoms with Crippen LogP contribution in [-0.4, -0.2) is 82.9 Å². The molecule has 1 unspecified atom stereocenters. The summed E-state index contributed by atoms with van der Waals surface area (Å²) in [4.78, 5) is 19.5. The van der Waals surface area contributed by atoms with Gasteiger partial charge in [0.25, 0.3) is 5.91 Å². The molecule has 1 aromatic rings. The quantitative estimate of drug-likeness (QED) is 0.471. The largest absolute Gasteiger partial charge is 0.476 e. The molecular weight excluding hydrogens is 405 g/mol. The van der Waals surface area contributed by atoms with Crippen LogP contribution in [0.25, 0.3) is 0 Å². The maximum Gasteiger partial charge on any atom is 0.270 e. The van der Waals surface area contributed by atoms with Crippen LogP contribution in [0.1, 0.15) is 30.8 Å². The van der Waals surface area contributed by atoms with Crippen LogP contribution in [0.4, 0.5) is 10.1 Å². The fraction of sp³-hybridized carbons (Fsp3) is 0.727. The first-order chi connectivity index (χ1) is 15.0. The number of anilines is 1. The third-order valence-corrected chi connectivity index (χ3v) is 5.39. The Morgan fingerprint density at radius 3 is 2.74 bits per heavy atom. The van der Waals surface area contributed by atoms with Crippen LogP contribution >= 0.6 is 0 Å². The molecule has 3 rings (SSSR count). The minimum absolute atomic E-state index is 0.0264. The number of nitrogens with zero attached hydrogens (tertiary/aromatic N) is 2. The molecule has 2 fully saturated rings. The minimum atomic E-state index is -0.543. The second-order valence-electron chi connectivity index (χ2n) is 8.56. The van der Waals surface area contributed by atoms with Crippen molar-refractivity contribution in [1.82, 2.24) is 10.3 Å². The lowest BCUT2D eigenvalue weighted by Crippen LogP contribution is -2.52. The van der Waals surface area contributed by atoms with E-state index in [2.05, 4.69) is 29.0 Å². The number of alkyl halides is 1. The normalized spacial score (nSPS) is 17.9. The topological polar surface area (TPSA) is 82.2 Å². The highest BCUT2D eigenvalue weighted by Crippen LogP contribution is 2.31. The number of nitrogens with one attached hydrogen (secondary N) is 1. The smallest absolute Gasteiger partial charge is 0.270 e. The summed E-state index contributed by atoms with van der Waals surface area (Å²) in [5.41, 5.74) is 1.14. The van der Waals surface area contributed by atoms with E-state index in [0.717, 1.165) is 25.2 Å². The van der Waals surface area contributed by atoms with Gasteiger partial charge in [0.15, 0.2) is 0 Å². The SMILES string of the molecule is COC1CN(c2ccc(C(=O)NC(COCCF)CC(C)C)nc2OCC2COC2)C1.